The van der Waals surface area contributed by atoms with Crippen molar-refractivity contribution in [2.24, 2.45) is 5.92 Å². The number of nitrogens with one attached hydrogen (secondary N) is 1. The fraction of sp³-hybridized carbons (Fsp3) is 0.529. The first-order valence-corrected chi connectivity index (χ1v) is 8.98. The number of nitrogens with zero attached hydrogens (tertiary/aromatic N) is 2. The van der Waals surface area contributed by atoms with Crippen LogP contribution in [0.25, 0.3) is 0 Å². The van der Waals surface area contributed by atoms with E-state index in [1.807, 2.05) is 29.3 Å². The molecule has 2 aromatic heterocycles. The smallest absolute Gasteiger partial charge is 0.318 e. The Balaban J connectivity index is 1.73. The van der Waals surface area contributed by atoms with Crippen LogP contribution in [0, 0.1) is 12.8 Å². The monoisotopic (exact) mass is 333 g/mol. The largest absolute Gasteiger partial charge is 0.359 e. The van der Waals surface area contributed by atoms with Crippen LogP contribution in [0.4, 0.5) is 4.79 Å². The van der Waals surface area contributed by atoms with Crippen LogP contribution in [-0.4, -0.2) is 22.6 Å². The summed E-state index contributed by atoms with van der Waals surface area (Å²) < 4.78 is 5.38. The van der Waals surface area contributed by atoms with Crippen molar-refractivity contribution in [2.45, 2.75) is 45.7 Å². The molecule has 124 valence electrons. The number of carbonyl (C=O) groups is 1. The van der Waals surface area contributed by atoms with Gasteiger partial charge in [0.2, 0.25) is 0 Å². The molecule has 3 heterocycles. The minimum Gasteiger partial charge on any atom is -0.359 e. The zero-order valence-corrected chi connectivity index (χ0v) is 14.6. The number of thiophene rings is 1. The molecule has 0 saturated carbocycles. The lowest BCUT2D eigenvalue weighted by Crippen LogP contribution is -2.42. The number of hydrogen-bond acceptors (Lipinski definition) is 4. The van der Waals surface area contributed by atoms with Gasteiger partial charge in [0.25, 0.3) is 0 Å². The minimum atomic E-state index is -0.0198. The molecule has 2 aromatic rings. The average Bonchev–Trinajstić information content (AvgIpc) is 3.24. The maximum atomic E-state index is 12.8. The van der Waals surface area contributed by atoms with Crippen LogP contribution in [0.15, 0.2) is 28.1 Å². The van der Waals surface area contributed by atoms with E-state index >= 15 is 0 Å². The second-order valence-corrected chi connectivity index (χ2v) is 7.39. The van der Waals surface area contributed by atoms with Gasteiger partial charge in [0.15, 0.2) is 5.76 Å². The predicted molar refractivity (Wildman–Crippen MR) is 90.4 cm³/mol. The molecular formula is C17H23N3O2S. The third-order valence-corrected chi connectivity index (χ3v) is 5.24. The number of urea groups is 1. The number of aromatic nitrogens is 1. The molecule has 1 N–H and O–H groups in total. The molecule has 0 aromatic carbocycles. The second kappa shape index (κ2) is 6.74. The lowest BCUT2D eigenvalue weighted by Gasteiger charge is -2.28. The summed E-state index contributed by atoms with van der Waals surface area (Å²) in [5.41, 5.74) is 0.853. The molecular weight excluding hydrogens is 310 g/mol. The van der Waals surface area contributed by atoms with E-state index < -0.39 is 0 Å². The molecule has 23 heavy (non-hydrogen) atoms. The summed E-state index contributed by atoms with van der Waals surface area (Å²) in [5, 5.41) is 9.20. The first kappa shape index (κ1) is 16.1. The van der Waals surface area contributed by atoms with Crippen molar-refractivity contribution < 1.29 is 9.32 Å². The summed E-state index contributed by atoms with van der Waals surface area (Å²) in [5.74, 6) is 1.12. The number of likely N-dealkylation sites (tertiary alicyclic amines) is 1. The number of rotatable bonds is 4. The van der Waals surface area contributed by atoms with Gasteiger partial charge in [0.05, 0.1) is 17.8 Å². The molecule has 1 saturated heterocycles. The highest BCUT2D eigenvalue weighted by Gasteiger charge is 2.34. The topological polar surface area (TPSA) is 58.4 Å². The summed E-state index contributed by atoms with van der Waals surface area (Å²) >= 11 is 1.68. The van der Waals surface area contributed by atoms with Gasteiger partial charge in [-0.25, -0.2) is 4.79 Å². The van der Waals surface area contributed by atoms with Gasteiger partial charge in [-0.05, 0) is 37.1 Å². The van der Waals surface area contributed by atoms with Crippen LogP contribution in [0.2, 0.25) is 0 Å². The van der Waals surface area contributed by atoms with Crippen molar-refractivity contribution in [1.29, 1.82) is 0 Å². The normalized spacial score (nSPS) is 19.3. The van der Waals surface area contributed by atoms with E-state index in [4.69, 9.17) is 4.52 Å². The van der Waals surface area contributed by atoms with E-state index in [2.05, 4.69) is 30.4 Å². The average molecular weight is 333 g/mol. The fourth-order valence-corrected chi connectivity index (χ4v) is 4.05. The predicted octanol–water partition coefficient (Wildman–Crippen LogP) is 4.29. The van der Waals surface area contributed by atoms with Crippen LogP contribution >= 0.6 is 11.3 Å². The Hall–Kier alpha value is -1.82. The van der Waals surface area contributed by atoms with E-state index in [0.717, 1.165) is 30.8 Å². The second-order valence-electron chi connectivity index (χ2n) is 6.41. The van der Waals surface area contributed by atoms with E-state index in [1.54, 1.807) is 11.3 Å². The lowest BCUT2D eigenvalue weighted by molar-refractivity contribution is 0.175. The molecule has 0 radical (unpaired) electrons. The molecule has 1 aliphatic rings. The van der Waals surface area contributed by atoms with Gasteiger partial charge < -0.3 is 14.7 Å². The van der Waals surface area contributed by atoms with Crippen molar-refractivity contribution in [1.82, 2.24) is 15.4 Å². The molecule has 2 amide bonds. The summed E-state index contributed by atoms with van der Waals surface area (Å²) in [6.07, 6.45) is 1.91. The summed E-state index contributed by atoms with van der Waals surface area (Å²) in [6.45, 7) is 6.92. The zero-order valence-electron chi connectivity index (χ0n) is 13.8. The number of hydrogen-bond donors (Lipinski definition) is 1. The van der Waals surface area contributed by atoms with Gasteiger partial charge in [-0.1, -0.05) is 25.1 Å². The number of carbonyl (C=O) groups excluding carboxylic acids is 1. The molecule has 6 heteroatoms. The minimum absolute atomic E-state index is 0.00709. The Bertz CT molecular complexity index is 651. The molecule has 0 unspecified atom stereocenters. The van der Waals surface area contributed by atoms with Gasteiger partial charge >= 0.3 is 6.03 Å². The van der Waals surface area contributed by atoms with E-state index in [9.17, 15) is 4.79 Å². The third-order valence-electron chi connectivity index (χ3n) is 4.28. The highest BCUT2D eigenvalue weighted by Crippen LogP contribution is 2.33. The van der Waals surface area contributed by atoms with Crippen molar-refractivity contribution in [3.8, 4) is 0 Å². The summed E-state index contributed by atoms with van der Waals surface area (Å²) in [4.78, 5) is 15.9. The number of aryl methyl sites for hydroxylation is 1. The Morgan fingerprint density at radius 1 is 1.52 bits per heavy atom. The van der Waals surface area contributed by atoms with E-state index in [1.165, 1.54) is 4.88 Å². The molecule has 3 rings (SSSR count). The van der Waals surface area contributed by atoms with Crippen molar-refractivity contribution in [3.05, 3.63) is 39.9 Å². The third kappa shape index (κ3) is 3.42. The van der Waals surface area contributed by atoms with E-state index in [0.29, 0.717) is 5.92 Å². The molecule has 0 bridgehead atoms. The Morgan fingerprint density at radius 3 is 2.96 bits per heavy atom. The van der Waals surface area contributed by atoms with Crippen LogP contribution < -0.4 is 5.32 Å². The first-order chi connectivity index (χ1) is 11.1. The van der Waals surface area contributed by atoms with Gasteiger partial charge in [-0.3, -0.25) is 0 Å². The first-order valence-electron chi connectivity index (χ1n) is 8.10. The molecule has 5 nitrogen and oxygen atoms in total. The highest BCUT2D eigenvalue weighted by molar-refractivity contribution is 7.10. The van der Waals surface area contributed by atoms with Crippen LogP contribution in [0.1, 0.15) is 55.1 Å². The Kier molecular flexibility index (Phi) is 4.71. The van der Waals surface area contributed by atoms with Crippen molar-refractivity contribution >= 4 is 17.4 Å². The summed E-state index contributed by atoms with van der Waals surface area (Å²) in [7, 11) is 0. The van der Waals surface area contributed by atoms with Crippen LogP contribution in [-0.2, 0) is 0 Å². The van der Waals surface area contributed by atoms with Gasteiger partial charge in [-0.2, -0.15) is 0 Å². The van der Waals surface area contributed by atoms with Gasteiger partial charge in [0.1, 0.15) is 0 Å². The van der Waals surface area contributed by atoms with Crippen molar-refractivity contribution in [3.63, 3.8) is 0 Å². The van der Waals surface area contributed by atoms with E-state index in [-0.39, 0.29) is 18.1 Å². The molecule has 0 spiro atoms. The zero-order chi connectivity index (χ0) is 16.4. The van der Waals surface area contributed by atoms with Gasteiger partial charge in [0, 0.05) is 17.5 Å². The Labute approximate surface area is 140 Å². The Morgan fingerprint density at radius 2 is 2.35 bits per heavy atom. The van der Waals surface area contributed by atoms with Crippen LogP contribution in [0.5, 0.6) is 0 Å². The standard InChI is InChI=1S/C17H23N3O2S/c1-11(2)16(15-7-5-9-23-15)18-17(21)20-8-4-6-13(20)14-10-12(3)19-22-14/h5,7,9-11,13,16H,4,6,8H2,1-3H3,(H,18,21)/t13-,16-/m0/s1. The quantitative estimate of drug-likeness (QED) is 0.908. The molecule has 2 atom stereocenters. The maximum Gasteiger partial charge on any atom is 0.318 e. The summed E-state index contributed by atoms with van der Waals surface area (Å²) in [6, 6.07) is 6.05. The number of amides is 2. The SMILES string of the molecule is Cc1cc([C@@H]2CCCN2C(=O)N[C@H](c2cccs2)C(C)C)on1. The fourth-order valence-electron chi connectivity index (χ4n) is 3.10. The molecule has 0 aliphatic carbocycles. The molecule has 1 aliphatic heterocycles. The maximum absolute atomic E-state index is 12.8. The van der Waals surface area contributed by atoms with Gasteiger partial charge in [-0.15, -0.1) is 11.3 Å². The highest BCUT2D eigenvalue weighted by atomic mass is 32.1. The molecule has 1 fully saturated rings. The lowest BCUT2D eigenvalue weighted by atomic mass is 10.0. The van der Waals surface area contributed by atoms with Crippen molar-refractivity contribution in [2.75, 3.05) is 6.54 Å². The van der Waals surface area contributed by atoms with Crippen LogP contribution in [0.3, 0.4) is 0 Å².